The second kappa shape index (κ2) is 3.14. The van der Waals surface area contributed by atoms with Crippen LogP contribution in [0.3, 0.4) is 0 Å². The van der Waals surface area contributed by atoms with Gasteiger partial charge in [0.2, 0.25) is 0 Å². The van der Waals surface area contributed by atoms with Gasteiger partial charge in [-0.15, -0.1) is 0 Å². The largest absolute Gasteiger partial charge is 0.361 e. The fourth-order valence-corrected chi connectivity index (χ4v) is 1.80. The summed E-state index contributed by atoms with van der Waals surface area (Å²) in [5.41, 5.74) is 2.24. The van der Waals surface area contributed by atoms with Gasteiger partial charge in [0.05, 0.1) is 5.69 Å². The van der Waals surface area contributed by atoms with Crippen molar-refractivity contribution in [1.29, 1.82) is 0 Å². The van der Waals surface area contributed by atoms with Gasteiger partial charge in [0.1, 0.15) is 5.76 Å². The minimum absolute atomic E-state index is 0.374. The molecule has 0 aliphatic heterocycles. The van der Waals surface area contributed by atoms with E-state index in [0.29, 0.717) is 6.04 Å². The van der Waals surface area contributed by atoms with Gasteiger partial charge in [-0.3, -0.25) is 0 Å². The Hall–Kier alpha value is -0.830. The maximum absolute atomic E-state index is 5.13. The Morgan fingerprint density at radius 1 is 1.46 bits per heavy atom. The molecule has 0 spiro atoms. The third kappa shape index (κ3) is 1.75. The molecule has 0 radical (unpaired) electrons. The van der Waals surface area contributed by atoms with E-state index in [2.05, 4.69) is 17.4 Å². The zero-order chi connectivity index (χ0) is 9.42. The van der Waals surface area contributed by atoms with Gasteiger partial charge in [-0.25, -0.2) is 0 Å². The highest BCUT2D eigenvalue weighted by atomic mass is 16.5. The lowest BCUT2D eigenvalue weighted by molar-refractivity contribution is 0.390. The average Bonchev–Trinajstić information content (AvgIpc) is 2.79. The SMILES string of the molecule is Cc1noc(C)c1C(C)NC1CC1. The van der Waals surface area contributed by atoms with Crippen LogP contribution in [-0.4, -0.2) is 11.2 Å². The summed E-state index contributed by atoms with van der Waals surface area (Å²) < 4.78 is 5.13. The van der Waals surface area contributed by atoms with Crippen molar-refractivity contribution in [2.45, 2.75) is 45.7 Å². The van der Waals surface area contributed by atoms with Crippen molar-refractivity contribution < 1.29 is 4.52 Å². The summed E-state index contributed by atoms with van der Waals surface area (Å²) in [5, 5.41) is 7.49. The first-order chi connectivity index (χ1) is 6.18. The normalized spacial score (nSPS) is 19.0. The fourth-order valence-electron chi connectivity index (χ4n) is 1.80. The van der Waals surface area contributed by atoms with Crippen LogP contribution in [0, 0.1) is 13.8 Å². The monoisotopic (exact) mass is 180 g/mol. The predicted molar refractivity (Wildman–Crippen MR) is 50.5 cm³/mol. The summed E-state index contributed by atoms with van der Waals surface area (Å²) in [6.07, 6.45) is 2.63. The number of aryl methyl sites for hydroxylation is 2. The molecule has 1 atom stereocenters. The maximum atomic E-state index is 5.13. The van der Waals surface area contributed by atoms with Crippen LogP contribution in [0.25, 0.3) is 0 Å². The Morgan fingerprint density at radius 2 is 2.15 bits per heavy atom. The Kier molecular flexibility index (Phi) is 2.12. The van der Waals surface area contributed by atoms with E-state index >= 15 is 0 Å². The second-order valence-electron chi connectivity index (χ2n) is 3.90. The van der Waals surface area contributed by atoms with Crippen LogP contribution in [0.4, 0.5) is 0 Å². The van der Waals surface area contributed by atoms with Gasteiger partial charge in [-0.05, 0) is 33.6 Å². The smallest absolute Gasteiger partial charge is 0.138 e. The number of nitrogens with one attached hydrogen (secondary N) is 1. The summed E-state index contributed by atoms with van der Waals surface area (Å²) in [6, 6.07) is 1.10. The van der Waals surface area contributed by atoms with Gasteiger partial charge in [-0.2, -0.15) is 0 Å². The van der Waals surface area contributed by atoms with E-state index < -0.39 is 0 Å². The first-order valence-electron chi connectivity index (χ1n) is 4.87. The maximum Gasteiger partial charge on any atom is 0.138 e. The van der Waals surface area contributed by atoms with Crippen LogP contribution >= 0.6 is 0 Å². The molecular formula is C10H16N2O. The van der Waals surface area contributed by atoms with E-state index in [1.165, 1.54) is 18.4 Å². The van der Waals surface area contributed by atoms with E-state index in [0.717, 1.165) is 17.5 Å². The summed E-state index contributed by atoms with van der Waals surface area (Å²) >= 11 is 0. The molecule has 1 N–H and O–H groups in total. The van der Waals surface area contributed by atoms with Gasteiger partial charge >= 0.3 is 0 Å². The van der Waals surface area contributed by atoms with Crippen molar-refractivity contribution in [3.8, 4) is 0 Å². The molecule has 1 fully saturated rings. The van der Waals surface area contributed by atoms with E-state index in [1.54, 1.807) is 0 Å². The van der Waals surface area contributed by atoms with Crippen LogP contribution in [-0.2, 0) is 0 Å². The summed E-state index contributed by atoms with van der Waals surface area (Å²) in [6.45, 7) is 6.14. The molecule has 1 aromatic rings. The summed E-state index contributed by atoms with van der Waals surface area (Å²) in [4.78, 5) is 0. The molecule has 2 rings (SSSR count). The van der Waals surface area contributed by atoms with Crippen molar-refractivity contribution in [2.24, 2.45) is 0 Å². The van der Waals surface area contributed by atoms with Crippen molar-refractivity contribution >= 4 is 0 Å². The molecule has 0 amide bonds. The van der Waals surface area contributed by atoms with Crippen LogP contribution < -0.4 is 5.32 Å². The molecule has 72 valence electrons. The minimum atomic E-state index is 0.374. The van der Waals surface area contributed by atoms with E-state index in [4.69, 9.17) is 4.52 Å². The van der Waals surface area contributed by atoms with E-state index in [-0.39, 0.29) is 0 Å². The molecule has 1 aliphatic rings. The zero-order valence-electron chi connectivity index (χ0n) is 8.42. The van der Waals surface area contributed by atoms with Crippen molar-refractivity contribution in [3.05, 3.63) is 17.0 Å². The molecule has 3 heteroatoms. The molecule has 3 nitrogen and oxygen atoms in total. The predicted octanol–water partition coefficient (Wildman–Crippen LogP) is 2.10. The Morgan fingerprint density at radius 3 is 2.62 bits per heavy atom. The first-order valence-corrected chi connectivity index (χ1v) is 4.87. The van der Waals surface area contributed by atoms with E-state index in [9.17, 15) is 0 Å². The highest BCUT2D eigenvalue weighted by molar-refractivity contribution is 5.24. The molecule has 0 aromatic carbocycles. The van der Waals surface area contributed by atoms with Crippen LogP contribution in [0.1, 0.15) is 42.8 Å². The molecule has 0 bridgehead atoms. The third-order valence-corrected chi connectivity index (χ3v) is 2.58. The van der Waals surface area contributed by atoms with Crippen LogP contribution in [0.5, 0.6) is 0 Å². The molecule has 1 heterocycles. The second-order valence-corrected chi connectivity index (χ2v) is 3.90. The standard InChI is InChI=1S/C10H16N2O/c1-6(11-9-4-5-9)10-7(2)12-13-8(10)3/h6,9,11H,4-5H2,1-3H3. The van der Waals surface area contributed by atoms with Crippen LogP contribution in [0.2, 0.25) is 0 Å². The Labute approximate surface area is 78.5 Å². The molecule has 1 unspecified atom stereocenters. The number of hydrogen-bond donors (Lipinski definition) is 1. The van der Waals surface area contributed by atoms with Gasteiger partial charge in [0.25, 0.3) is 0 Å². The quantitative estimate of drug-likeness (QED) is 0.774. The van der Waals surface area contributed by atoms with E-state index in [1.807, 2.05) is 13.8 Å². The molecular weight excluding hydrogens is 164 g/mol. The van der Waals surface area contributed by atoms with Gasteiger partial charge in [0.15, 0.2) is 0 Å². The highest BCUT2D eigenvalue weighted by Crippen LogP contribution is 2.26. The van der Waals surface area contributed by atoms with Gasteiger partial charge in [-0.1, -0.05) is 5.16 Å². The first kappa shape index (κ1) is 8.75. The fraction of sp³-hybridized carbons (Fsp3) is 0.700. The van der Waals surface area contributed by atoms with Crippen LogP contribution in [0.15, 0.2) is 4.52 Å². The van der Waals surface area contributed by atoms with Crippen molar-refractivity contribution in [1.82, 2.24) is 10.5 Å². The van der Waals surface area contributed by atoms with Crippen molar-refractivity contribution in [3.63, 3.8) is 0 Å². The minimum Gasteiger partial charge on any atom is -0.361 e. The zero-order valence-corrected chi connectivity index (χ0v) is 8.42. The molecule has 1 aromatic heterocycles. The Bertz CT molecular complexity index is 282. The molecule has 13 heavy (non-hydrogen) atoms. The number of nitrogens with zero attached hydrogens (tertiary/aromatic N) is 1. The summed E-state index contributed by atoms with van der Waals surface area (Å²) in [5.74, 6) is 0.943. The Balaban J connectivity index is 2.12. The molecule has 1 aliphatic carbocycles. The highest BCUT2D eigenvalue weighted by Gasteiger charge is 2.25. The topological polar surface area (TPSA) is 38.1 Å². The number of rotatable bonds is 3. The lowest BCUT2D eigenvalue weighted by Gasteiger charge is -2.12. The lowest BCUT2D eigenvalue weighted by Crippen LogP contribution is -2.21. The lowest BCUT2D eigenvalue weighted by atomic mass is 10.1. The molecule has 0 saturated heterocycles. The van der Waals surface area contributed by atoms with Crippen molar-refractivity contribution in [2.75, 3.05) is 0 Å². The summed E-state index contributed by atoms with van der Waals surface area (Å²) in [7, 11) is 0. The number of aromatic nitrogens is 1. The van der Waals surface area contributed by atoms with Gasteiger partial charge < -0.3 is 9.84 Å². The number of hydrogen-bond acceptors (Lipinski definition) is 3. The van der Waals surface area contributed by atoms with Gasteiger partial charge in [0, 0.05) is 17.6 Å². The molecule has 1 saturated carbocycles. The third-order valence-electron chi connectivity index (χ3n) is 2.58. The average molecular weight is 180 g/mol.